The Morgan fingerprint density at radius 3 is 1.72 bits per heavy atom. The first kappa shape index (κ1) is 36.0. The second-order valence-corrected chi connectivity index (χ2v) is 14.7. The van der Waals surface area contributed by atoms with E-state index < -0.39 is 0 Å². The fourth-order valence-electron chi connectivity index (χ4n) is 7.33. The van der Waals surface area contributed by atoms with Crippen molar-refractivity contribution in [1.29, 1.82) is 0 Å². The molecule has 0 aliphatic carbocycles. The normalized spacial score (nSPS) is 14.0. The molecule has 6 rings (SSSR count). The minimum Gasteiger partial charge on any atom is -0.345 e. The minimum absolute atomic E-state index is 0. The molecule has 0 bridgehead atoms. The molecule has 4 nitrogen and oxygen atoms in total. The first-order valence-electron chi connectivity index (χ1n) is 15.4. The standard InChI is InChI=1S/C38H36Br2Cl2N4.Ru/c1-21-17-23(3)35(24(4)18-21)45-15-16-46(36-25(5)19-22(2)20-26(36)6)38(45)30-31(40)34(44-37(42)32(30)41)29(27-11-8-7-9-12-27)33-28(39)13-10-14-43-33;/h7-14,17-20,29,38H,15-16H2,1-6H3;/q;+2. The van der Waals surface area contributed by atoms with Crippen LogP contribution in [0.3, 0.4) is 0 Å². The molecular formula is C38H36Br2Cl2N4Ru+2. The number of rotatable bonds is 6. The van der Waals surface area contributed by atoms with Crippen molar-refractivity contribution in [2.75, 3.05) is 22.9 Å². The Kier molecular flexibility index (Phi) is 11.3. The Labute approximate surface area is 317 Å². The zero-order valence-electron chi connectivity index (χ0n) is 27.2. The van der Waals surface area contributed by atoms with E-state index in [4.69, 9.17) is 33.2 Å². The predicted molar refractivity (Wildman–Crippen MR) is 200 cm³/mol. The Hall–Kier alpha value is -2.28. The fraction of sp³-hybridized carbons (Fsp3) is 0.263. The summed E-state index contributed by atoms with van der Waals surface area (Å²) in [7, 11) is 0. The van der Waals surface area contributed by atoms with Crippen LogP contribution in [0.15, 0.2) is 81.9 Å². The van der Waals surface area contributed by atoms with E-state index in [1.807, 2.05) is 36.5 Å². The number of benzene rings is 3. The Bertz CT molecular complexity index is 1840. The van der Waals surface area contributed by atoms with E-state index >= 15 is 0 Å². The fourth-order valence-corrected chi connectivity index (χ4v) is 9.07. The summed E-state index contributed by atoms with van der Waals surface area (Å²) in [5.41, 5.74) is 13.4. The van der Waals surface area contributed by atoms with Gasteiger partial charge in [-0.2, -0.15) is 0 Å². The van der Waals surface area contributed by atoms with E-state index in [0.29, 0.717) is 5.02 Å². The van der Waals surface area contributed by atoms with E-state index in [1.54, 1.807) is 0 Å². The second-order valence-electron chi connectivity index (χ2n) is 12.3. The molecule has 1 aliphatic rings. The van der Waals surface area contributed by atoms with Crippen LogP contribution in [0.4, 0.5) is 11.4 Å². The van der Waals surface area contributed by atoms with Gasteiger partial charge in [0.25, 0.3) is 0 Å². The molecule has 5 aromatic rings. The average Bonchev–Trinajstić information content (AvgIpc) is 3.39. The molecule has 242 valence electrons. The monoisotopic (exact) mass is 878 g/mol. The molecule has 47 heavy (non-hydrogen) atoms. The van der Waals surface area contributed by atoms with Crippen LogP contribution in [-0.2, 0) is 19.5 Å². The van der Waals surface area contributed by atoms with Crippen LogP contribution < -0.4 is 9.80 Å². The second kappa shape index (κ2) is 14.7. The molecule has 1 saturated heterocycles. The van der Waals surface area contributed by atoms with Gasteiger partial charge in [-0.3, -0.25) is 4.98 Å². The molecule has 3 aromatic carbocycles. The van der Waals surface area contributed by atoms with E-state index in [0.717, 1.165) is 44.5 Å². The molecule has 1 unspecified atom stereocenters. The van der Waals surface area contributed by atoms with Gasteiger partial charge in [0.1, 0.15) is 11.3 Å². The van der Waals surface area contributed by atoms with Crippen molar-refractivity contribution in [2.24, 2.45) is 0 Å². The molecule has 1 aliphatic heterocycles. The number of hydrogen-bond donors (Lipinski definition) is 0. The third-order valence-electron chi connectivity index (χ3n) is 8.84. The summed E-state index contributed by atoms with van der Waals surface area (Å²) in [6, 6.07) is 23.3. The summed E-state index contributed by atoms with van der Waals surface area (Å²) in [6.45, 7) is 14.7. The Balaban J connectivity index is 0.00000433. The maximum atomic E-state index is 7.29. The number of anilines is 2. The maximum Gasteiger partial charge on any atom is 2.00 e. The number of aryl methyl sites for hydroxylation is 6. The molecule has 0 radical (unpaired) electrons. The summed E-state index contributed by atoms with van der Waals surface area (Å²) in [6.07, 6.45) is 1.55. The van der Waals surface area contributed by atoms with Gasteiger partial charge in [0.15, 0.2) is 0 Å². The summed E-state index contributed by atoms with van der Waals surface area (Å²) in [5, 5.41) is 0.709. The smallest absolute Gasteiger partial charge is 0.345 e. The molecular weight excluding hydrogens is 844 g/mol. The van der Waals surface area contributed by atoms with Gasteiger partial charge in [0.05, 0.1) is 22.3 Å². The van der Waals surface area contributed by atoms with Gasteiger partial charge < -0.3 is 9.80 Å². The third-order valence-corrected chi connectivity index (χ3v) is 11.1. The van der Waals surface area contributed by atoms with Crippen LogP contribution >= 0.6 is 55.1 Å². The molecule has 0 spiro atoms. The third kappa shape index (κ3) is 6.81. The average molecular weight is 881 g/mol. The number of halogens is 4. The molecule has 0 N–H and O–H groups in total. The van der Waals surface area contributed by atoms with Crippen LogP contribution in [0.25, 0.3) is 0 Å². The zero-order valence-corrected chi connectivity index (χ0v) is 33.6. The van der Waals surface area contributed by atoms with Crippen molar-refractivity contribution in [3.8, 4) is 0 Å². The van der Waals surface area contributed by atoms with E-state index in [-0.39, 0.29) is 36.7 Å². The number of aromatic nitrogens is 2. The molecule has 0 amide bonds. The Morgan fingerprint density at radius 2 is 1.23 bits per heavy atom. The van der Waals surface area contributed by atoms with Gasteiger partial charge in [0, 0.05) is 45.2 Å². The molecule has 9 heteroatoms. The maximum absolute atomic E-state index is 7.29. The molecule has 1 atom stereocenters. The first-order valence-corrected chi connectivity index (χ1v) is 17.7. The topological polar surface area (TPSA) is 32.3 Å². The number of pyridine rings is 2. The van der Waals surface area contributed by atoms with Crippen LogP contribution in [0, 0.1) is 41.5 Å². The summed E-state index contributed by atoms with van der Waals surface area (Å²) in [5.74, 6) is -0.311. The van der Waals surface area contributed by atoms with Gasteiger partial charge in [-0.05, 0) is 113 Å². The summed E-state index contributed by atoms with van der Waals surface area (Å²) >= 11 is 22.2. The van der Waals surface area contributed by atoms with Crippen molar-refractivity contribution in [2.45, 2.75) is 53.6 Å². The van der Waals surface area contributed by atoms with Crippen LogP contribution in [0.1, 0.15) is 68.0 Å². The van der Waals surface area contributed by atoms with Gasteiger partial charge in [-0.1, -0.05) is 88.9 Å². The van der Waals surface area contributed by atoms with Crippen molar-refractivity contribution < 1.29 is 19.5 Å². The van der Waals surface area contributed by atoms with E-state index in [1.165, 1.54) is 44.8 Å². The quantitative estimate of drug-likeness (QED) is 0.126. The first-order chi connectivity index (χ1) is 22.0. The van der Waals surface area contributed by atoms with Crippen LogP contribution in [0.5, 0.6) is 0 Å². The van der Waals surface area contributed by atoms with Gasteiger partial charge >= 0.3 is 19.5 Å². The number of nitrogens with zero attached hydrogens (tertiary/aromatic N) is 4. The van der Waals surface area contributed by atoms with Crippen molar-refractivity contribution >= 4 is 66.4 Å². The van der Waals surface area contributed by atoms with Crippen molar-refractivity contribution in [3.05, 3.63) is 148 Å². The summed E-state index contributed by atoms with van der Waals surface area (Å²) in [4.78, 5) is 14.8. The largest absolute Gasteiger partial charge is 2.00 e. The molecule has 1 fully saturated rings. The van der Waals surface area contributed by atoms with Gasteiger partial charge in [-0.25, -0.2) is 4.98 Å². The van der Waals surface area contributed by atoms with E-state index in [9.17, 15) is 0 Å². The van der Waals surface area contributed by atoms with Gasteiger partial charge in [-0.15, -0.1) is 0 Å². The SMILES string of the molecule is Cc1cc(C)c(N2CCN(c3c(C)cc(C)cc3C)C2c2c(Cl)c(Cl)nc(C(c3ccccc3)c3ncccc3Br)c2Br)c(C)c1.[Ru+2]. The van der Waals surface area contributed by atoms with Crippen molar-refractivity contribution in [3.63, 3.8) is 0 Å². The van der Waals surface area contributed by atoms with Crippen LogP contribution in [0.2, 0.25) is 10.2 Å². The van der Waals surface area contributed by atoms with E-state index in [2.05, 4.69) is 120 Å². The Morgan fingerprint density at radius 1 is 0.723 bits per heavy atom. The molecule has 2 aromatic heterocycles. The molecule has 0 saturated carbocycles. The molecule has 3 heterocycles. The zero-order chi connectivity index (χ0) is 32.9. The van der Waals surface area contributed by atoms with Crippen LogP contribution in [-0.4, -0.2) is 23.1 Å². The minimum atomic E-state index is -0.311. The van der Waals surface area contributed by atoms with Gasteiger partial charge in [0.2, 0.25) is 0 Å². The predicted octanol–water partition coefficient (Wildman–Crippen LogP) is 11.4. The van der Waals surface area contributed by atoms with Crippen molar-refractivity contribution in [1.82, 2.24) is 9.97 Å². The summed E-state index contributed by atoms with van der Waals surface area (Å²) < 4.78 is 1.71. The number of hydrogen-bond acceptors (Lipinski definition) is 4.